The van der Waals surface area contributed by atoms with Crippen molar-refractivity contribution in [2.24, 2.45) is 0 Å². The van der Waals surface area contributed by atoms with Gasteiger partial charge in [-0.2, -0.15) is 0 Å². The molecule has 1 N–H and O–H groups in total. The molecule has 0 saturated carbocycles. The molecule has 0 aliphatic heterocycles. The Morgan fingerprint density at radius 3 is 2.62 bits per heavy atom. The standard InChI is InChI=1S/C20H18BrClN2O.ClH/c21-18-7-8-20(25-14-16-5-1-2-6-19(16)22)17(10-18)13-24-12-15-4-3-9-23-11-15;/h1-11,24H,12-14H2;1H. The Morgan fingerprint density at radius 2 is 1.85 bits per heavy atom. The number of rotatable bonds is 7. The highest BCUT2D eigenvalue weighted by Gasteiger charge is 2.07. The van der Waals surface area contributed by atoms with Crippen LogP contribution in [0.15, 0.2) is 71.5 Å². The fourth-order valence-electron chi connectivity index (χ4n) is 2.44. The molecule has 136 valence electrons. The number of nitrogens with zero attached hydrogens (tertiary/aromatic N) is 1. The van der Waals surface area contributed by atoms with E-state index in [2.05, 4.69) is 38.4 Å². The highest BCUT2D eigenvalue weighted by Crippen LogP contribution is 2.25. The van der Waals surface area contributed by atoms with Gasteiger partial charge in [-0.05, 0) is 35.9 Å². The molecule has 6 heteroatoms. The van der Waals surface area contributed by atoms with Gasteiger partial charge in [-0.3, -0.25) is 4.98 Å². The van der Waals surface area contributed by atoms with E-state index in [9.17, 15) is 0 Å². The van der Waals surface area contributed by atoms with Gasteiger partial charge in [0.1, 0.15) is 12.4 Å². The zero-order valence-electron chi connectivity index (χ0n) is 14.0. The quantitative estimate of drug-likeness (QED) is 0.491. The topological polar surface area (TPSA) is 34.1 Å². The minimum Gasteiger partial charge on any atom is -0.489 e. The lowest BCUT2D eigenvalue weighted by Gasteiger charge is -2.13. The molecule has 0 bridgehead atoms. The van der Waals surface area contributed by atoms with Crippen LogP contribution >= 0.6 is 39.9 Å². The molecular weight excluding hydrogens is 435 g/mol. The summed E-state index contributed by atoms with van der Waals surface area (Å²) in [4.78, 5) is 4.13. The molecule has 2 aromatic carbocycles. The number of ether oxygens (including phenoxy) is 1. The number of benzene rings is 2. The van der Waals surface area contributed by atoms with Crippen molar-refractivity contribution >= 4 is 39.9 Å². The molecule has 0 amide bonds. The van der Waals surface area contributed by atoms with E-state index in [1.165, 1.54) is 0 Å². The normalized spacial score (nSPS) is 10.2. The van der Waals surface area contributed by atoms with E-state index in [1.54, 1.807) is 6.20 Å². The van der Waals surface area contributed by atoms with Gasteiger partial charge in [0.2, 0.25) is 0 Å². The number of hydrogen-bond acceptors (Lipinski definition) is 3. The summed E-state index contributed by atoms with van der Waals surface area (Å²) in [5.74, 6) is 0.849. The van der Waals surface area contributed by atoms with E-state index >= 15 is 0 Å². The second-order valence-corrected chi connectivity index (χ2v) is 6.92. The van der Waals surface area contributed by atoms with Crippen LogP contribution in [0.4, 0.5) is 0 Å². The predicted octanol–water partition coefficient (Wildman–Crippen LogP) is 5.79. The molecule has 0 fully saturated rings. The Balaban J connectivity index is 0.00000243. The van der Waals surface area contributed by atoms with Crippen molar-refractivity contribution in [1.82, 2.24) is 10.3 Å². The molecule has 1 heterocycles. The van der Waals surface area contributed by atoms with Crippen LogP contribution in [0.2, 0.25) is 5.02 Å². The lowest BCUT2D eigenvalue weighted by molar-refractivity contribution is 0.302. The molecule has 0 saturated heterocycles. The van der Waals surface area contributed by atoms with Gasteiger partial charge in [0.15, 0.2) is 0 Å². The van der Waals surface area contributed by atoms with Crippen LogP contribution in [0.5, 0.6) is 5.75 Å². The number of hydrogen-bond donors (Lipinski definition) is 1. The molecule has 3 aromatic rings. The van der Waals surface area contributed by atoms with Gasteiger partial charge >= 0.3 is 0 Å². The summed E-state index contributed by atoms with van der Waals surface area (Å²) in [6.45, 7) is 1.90. The van der Waals surface area contributed by atoms with Crippen molar-refractivity contribution in [2.45, 2.75) is 19.7 Å². The first-order chi connectivity index (χ1) is 12.2. The summed E-state index contributed by atoms with van der Waals surface area (Å²) in [7, 11) is 0. The Labute approximate surface area is 173 Å². The van der Waals surface area contributed by atoms with Gasteiger partial charge in [-0.15, -0.1) is 12.4 Å². The van der Waals surface area contributed by atoms with Gasteiger partial charge in [0.25, 0.3) is 0 Å². The number of halogens is 3. The maximum atomic E-state index is 6.20. The fraction of sp³-hybridized carbons (Fsp3) is 0.150. The van der Waals surface area contributed by atoms with E-state index in [0.29, 0.717) is 13.2 Å². The number of pyridine rings is 1. The van der Waals surface area contributed by atoms with Crippen LogP contribution in [0.3, 0.4) is 0 Å². The first-order valence-electron chi connectivity index (χ1n) is 7.96. The monoisotopic (exact) mass is 452 g/mol. The van der Waals surface area contributed by atoms with Crippen molar-refractivity contribution in [3.8, 4) is 5.75 Å². The smallest absolute Gasteiger partial charge is 0.124 e. The lowest BCUT2D eigenvalue weighted by atomic mass is 10.2. The highest BCUT2D eigenvalue weighted by atomic mass is 79.9. The van der Waals surface area contributed by atoms with Crippen LogP contribution in [0.25, 0.3) is 0 Å². The molecule has 0 spiro atoms. The van der Waals surface area contributed by atoms with Gasteiger partial charge in [-0.1, -0.05) is 51.8 Å². The van der Waals surface area contributed by atoms with E-state index in [0.717, 1.165) is 38.5 Å². The average Bonchev–Trinajstić information content (AvgIpc) is 2.63. The van der Waals surface area contributed by atoms with Crippen LogP contribution in [-0.4, -0.2) is 4.98 Å². The Morgan fingerprint density at radius 1 is 1.00 bits per heavy atom. The molecule has 26 heavy (non-hydrogen) atoms. The van der Waals surface area contributed by atoms with Gasteiger partial charge < -0.3 is 10.1 Å². The summed E-state index contributed by atoms with van der Waals surface area (Å²) < 4.78 is 7.03. The number of nitrogens with one attached hydrogen (secondary N) is 1. The minimum atomic E-state index is 0. The van der Waals surface area contributed by atoms with Crippen molar-refractivity contribution < 1.29 is 4.74 Å². The van der Waals surface area contributed by atoms with Crippen molar-refractivity contribution in [1.29, 1.82) is 0 Å². The van der Waals surface area contributed by atoms with Crippen molar-refractivity contribution in [3.05, 3.63) is 93.2 Å². The van der Waals surface area contributed by atoms with Crippen molar-refractivity contribution in [3.63, 3.8) is 0 Å². The molecule has 0 radical (unpaired) electrons. The second kappa shape index (κ2) is 10.5. The maximum absolute atomic E-state index is 6.20. The van der Waals surface area contributed by atoms with Crippen LogP contribution in [-0.2, 0) is 19.7 Å². The average molecular weight is 454 g/mol. The second-order valence-electron chi connectivity index (χ2n) is 5.60. The zero-order chi connectivity index (χ0) is 17.5. The number of aromatic nitrogens is 1. The third-order valence-corrected chi connectivity index (χ3v) is 4.59. The summed E-state index contributed by atoms with van der Waals surface area (Å²) >= 11 is 9.73. The fourth-order valence-corrected chi connectivity index (χ4v) is 3.04. The summed E-state index contributed by atoms with van der Waals surface area (Å²) in [6, 6.07) is 17.7. The molecule has 0 aliphatic carbocycles. The van der Waals surface area contributed by atoms with Gasteiger partial charge in [0, 0.05) is 46.1 Å². The summed E-state index contributed by atoms with van der Waals surface area (Å²) in [6.07, 6.45) is 3.64. The van der Waals surface area contributed by atoms with Crippen LogP contribution < -0.4 is 10.1 Å². The van der Waals surface area contributed by atoms with E-state index in [4.69, 9.17) is 16.3 Å². The molecule has 0 atom stereocenters. The Hall–Kier alpha value is -1.59. The molecule has 3 rings (SSSR count). The third kappa shape index (κ3) is 5.99. The Kier molecular flexibility index (Phi) is 8.39. The van der Waals surface area contributed by atoms with Gasteiger partial charge in [-0.25, -0.2) is 0 Å². The summed E-state index contributed by atoms with van der Waals surface area (Å²) in [5, 5.41) is 4.15. The molecule has 3 nitrogen and oxygen atoms in total. The van der Waals surface area contributed by atoms with Crippen molar-refractivity contribution in [2.75, 3.05) is 0 Å². The van der Waals surface area contributed by atoms with E-state index in [1.807, 2.05) is 48.7 Å². The maximum Gasteiger partial charge on any atom is 0.124 e. The van der Waals surface area contributed by atoms with E-state index in [-0.39, 0.29) is 12.4 Å². The third-order valence-electron chi connectivity index (χ3n) is 3.73. The minimum absolute atomic E-state index is 0. The lowest BCUT2D eigenvalue weighted by Crippen LogP contribution is -2.14. The largest absolute Gasteiger partial charge is 0.489 e. The predicted molar refractivity (Wildman–Crippen MR) is 112 cm³/mol. The zero-order valence-corrected chi connectivity index (χ0v) is 17.2. The highest BCUT2D eigenvalue weighted by molar-refractivity contribution is 9.10. The summed E-state index contributed by atoms with van der Waals surface area (Å²) in [5.41, 5.74) is 3.21. The molecular formula is C20H19BrCl2N2O. The van der Waals surface area contributed by atoms with Crippen LogP contribution in [0.1, 0.15) is 16.7 Å². The first kappa shape index (κ1) is 20.7. The molecule has 0 aliphatic rings. The first-order valence-corrected chi connectivity index (χ1v) is 9.14. The van der Waals surface area contributed by atoms with Gasteiger partial charge in [0.05, 0.1) is 0 Å². The van der Waals surface area contributed by atoms with Crippen LogP contribution in [0, 0.1) is 0 Å². The Bertz CT molecular complexity index is 831. The van der Waals surface area contributed by atoms with E-state index < -0.39 is 0 Å². The molecule has 0 unspecified atom stereocenters. The molecule has 1 aromatic heterocycles. The SMILES string of the molecule is Cl.Clc1ccccc1COc1ccc(Br)cc1CNCc1cccnc1.